The van der Waals surface area contributed by atoms with Gasteiger partial charge in [-0.1, -0.05) is 0 Å². The third-order valence-electron chi connectivity index (χ3n) is 4.19. The number of carbonyl (C=O) groups excluding carboxylic acids is 3. The lowest BCUT2D eigenvalue weighted by molar-refractivity contribution is -0.144. The predicted octanol–water partition coefficient (Wildman–Crippen LogP) is 1.98. The zero-order valence-corrected chi connectivity index (χ0v) is 14.0. The van der Waals surface area contributed by atoms with Crippen LogP contribution in [0.2, 0.25) is 0 Å². The molecule has 0 aliphatic carbocycles. The molecule has 0 radical (unpaired) electrons. The Kier molecular flexibility index (Phi) is 4.44. The van der Waals surface area contributed by atoms with E-state index < -0.39 is 23.3 Å². The summed E-state index contributed by atoms with van der Waals surface area (Å²) in [5, 5.41) is 4.49. The van der Waals surface area contributed by atoms with Gasteiger partial charge in [0.15, 0.2) is 0 Å². The summed E-state index contributed by atoms with van der Waals surface area (Å²) in [6.07, 6.45) is 4.49. The number of hydrogen-bond donors (Lipinski definition) is 2. The number of hydrogen-bond acceptors (Lipinski definition) is 5. The van der Waals surface area contributed by atoms with Crippen LogP contribution in [0.4, 0.5) is 4.79 Å². The number of urea groups is 1. The van der Waals surface area contributed by atoms with E-state index in [2.05, 4.69) is 15.6 Å². The highest BCUT2D eigenvalue weighted by molar-refractivity contribution is 7.11. The molecule has 1 saturated heterocycles. The molecular weight excluding hydrogens is 326 g/mol. The van der Waals surface area contributed by atoms with E-state index in [1.165, 1.54) is 0 Å². The lowest BCUT2D eigenvalue weighted by Crippen LogP contribution is -2.63. The molecule has 7 heteroatoms. The Balaban J connectivity index is 1.89. The van der Waals surface area contributed by atoms with Crippen LogP contribution in [0, 0.1) is 12.3 Å². The van der Waals surface area contributed by atoms with Crippen molar-refractivity contribution in [2.75, 3.05) is 0 Å². The van der Waals surface area contributed by atoms with Crippen LogP contribution in [-0.4, -0.2) is 22.8 Å². The van der Waals surface area contributed by atoms with Crippen LogP contribution < -0.4 is 10.6 Å². The van der Waals surface area contributed by atoms with E-state index in [1.807, 2.05) is 31.2 Å². The second-order valence-electron chi connectivity index (χ2n) is 5.86. The lowest BCUT2D eigenvalue weighted by atomic mass is 9.76. The number of barbiturate groups is 1. The van der Waals surface area contributed by atoms with Gasteiger partial charge in [0.05, 0.1) is 0 Å². The van der Waals surface area contributed by atoms with Crippen molar-refractivity contribution >= 4 is 29.2 Å². The van der Waals surface area contributed by atoms with Gasteiger partial charge in [0.2, 0.25) is 11.8 Å². The molecule has 124 valence electrons. The van der Waals surface area contributed by atoms with Gasteiger partial charge < -0.3 is 0 Å². The third-order valence-corrected chi connectivity index (χ3v) is 5.19. The van der Waals surface area contributed by atoms with Gasteiger partial charge in [0.25, 0.3) is 0 Å². The molecule has 0 spiro atoms. The number of aryl methyl sites for hydroxylation is 2. The standard InChI is InChI=1S/C17H17N3O3S/c1-11-2-3-13(24-11)10-17(7-4-12-5-8-18-9-6-12)14(21)19-16(23)20-15(17)22/h2-3,5-6,8-9H,4,7,10H2,1H3,(H2,19,20,21,22,23). The Bertz CT molecular complexity index is 765. The second-order valence-corrected chi connectivity index (χ2v) is 7.24. The molecule has 0 atom stereocenters. The van der Waals surface area contributed by atoms with Crippen molar-refractivity contribution in [2.24, 2.45) is 5.41 Å². The maximum atomic E-state index is 12.6. The monoisotopic (exact) mass is 343 g/mol. The molecule has 6 nitrogen and oxygen atoms in total. The second kappa shape index (κ2) is 6.52. The molecule has 0 bridgehead atoms. The Morgan fingerprint density at radius 1 is 1.04 bits per heavy atom. The first-order valence-corrected chi connectivity index (χ1v) is 8.42. The number of amides is 4. The third kappa shape index (κ3) is 3.21. The summed E-state index contributed by atoms with van der Waals surface area (Å²) >= 11 is 1.55. The van der Waals surface area contributed by atoms with E-state index in [1.54, 1.807) is 23.7 Å². The fourth-order valence-corrected chi connectivity index (χ4v) is 3.84. The van der Waals surface area contributed by atoms with Gasteiger partial charge in [0, 0.05) is 28.6 Å². The average molecular weight is 343 g/mol. The molecule has 2 aromatic heterocycles. The number of pyridine rings is 1. The zero-order valence-electron chi connectivity index (χ0n) is 13.2. The van der Waals surface area contributed by atoms with Crippen molar-refractivity contribution < 1.29 is 14.4 Å². The molecule has 24 heavy (non-hydrogen) atoms. The molecule has 0 aromatic carbocycles. The molecule has 3 heterocycles. The van der Waals surface area contributed by atoms with E-state index in [9.17, 15) is 14.4 Å². The van der Waals surface area contributed by atoms with Crippen molar-refractivity contribution in [3.63, 3.8) is 0 Å². The molecule has 0 saturated carbocycles. The highest BCUT2D eigenvalue weighted by Gasteiger charge is 2.50. The summed E-state index contributed by atoms with van der Waals surface area (Å²) in [7, 11) is 0. The van der Waals surface area contributed by atoms with E-state index in [4.69, 9.17) is 0 Å². The number of rotatable bonds is 5. The number of carbonyl (C=O) groups is 3. The van der Waals surface area contributed by atoms with E-state index in [0.717, 1.165) is 15.3 Å². The van der Waals surface area contributed by atoms with Crippen molar-refractivity contribution in [3.8, 4) is 0 Å². The molecular formula is C17H17N3O3S. The van der Waals surface area contributed by atoms with Crippen molar-refractivity contribution in [3.05, 3.63) is 52.0 Å². The maximum absolute atomic E-state index is 12.6. The zero-order chi connectivity index (χ0) is 17.2. The molecule has 3 rings (SSSR count). The van der Waals surface area contributed by atoms with Crippen LogP contribution in [0.5, 0.6) is 0 Å². The van der Waals surface area contributed by atoms with Gasteiger partial charge in [-0.25, -0.2) is 4.79 Å². The SMILES string of the molecule is Cc1ccc(CC2(CCc3ccncc3)C(=O)NC(=O)NC2=O)s1. The summed E-state index contributed by atoms with van der Waals surface area (Å²) in [6, 6.07) is 6.83. The number of aromatic nitrogens is 1. The summed E-state index contributed by atoms with van der Waals surface area (Å²) in [5.41, 5.74) is -0.293. The summed E-state index contributed by atoms with van der Waals surface area (Å²) in [6.45, 7) is 1.97. The van der Waals surface area contributed by atoms with Gasteiger partial charge >= 0.3 is 6.03 Å². The smallest absolute Gasteiger partial charge is 0.277 e. The minimum absolute atomic E-state index is 0.279. The lowest BCUT2D eigenvalue weighted by Gasteiger charge is -2.33. The highest BCUT2D eigenvalue weighted by Crippen LogP contribution is 2.34. The van der Waals surface area contributed by atoms with E-state index in [0.29, 0.717) is 12.8 Å². The fourth-order valence-electron chi connectivity index (χ4n) is 2.84. The molecule has 0 unspecified atom stereocenters. The first kappa shape index (κ1) is 16.3. The molecule has 4 amide bonds. The first-order valence-electron chi connectivity index (χ1n) is 7.61. The number of nitrogens with one attached hydrogen (secondary N) is 2. The van der Waals surface area contributed by atoms with Crippen molar-refractivity contribution in [2.45, 2.75) is 26.2 Å². The summed E-state index contributed by atoms with van der Waals surface area (Å²) in [4.78, 5) is 42.6. The predicted molar refractivity (Wildman–Crippen MR) is 89.4 cm³/mol. The number of thiophene rings is 1. The van der Waals surface area contributed by atoms with Gasteiger partial charge in [-0.2, -0.15) is 0 Å². The van der Waals surface area contributed by atoms with Crippen molar-refractivity contribution in [1.82, 2.24) is 15.6 Å². The van der Waals surface area contributed by atoms with E-state index >= 15 is 0 Å². The van der Waals surface area contributed by atoms with Gasteiger partial charge in [-0.15, -0.1) is 11.3 Å². The van der Waals surface area contributed by atoms with Crippen LogP contribution in [0.1, 0.15) is 21.7 Å². The van der Waals surface area contributed by atoms with Crippen LogP contribution >= 0.6 is 11.3 Å². The topological polar surface area (TPSA) is 88.2 Å². The van der Waals surface area contributed by atoms with Gasteiger partial charge in [-0.05, 0) is 49.6 Å². The maximum Gasteiger partial charge on any atom is 0.328 e. The summed E-state index contributed by atoms with van der Waals surface area (Å²) < 4.78 is 0. The summed E-state index contributed by atoms with van der Waals surface area (Å²) in [5.74, 6) is -1.06. The van der Waals surface area contributed by atoms with E-state index in [-0.39, 0.29) is 6.42 Å². The normalized spacial score (nSPS) is 16.6. The Labute approximate surface area is 143 Å². The quantitative estimate of drug-likeness (QED) is 0.813. The molecule has 2 aromatic rings. The number of nitrogens with zero attached hydrogens (tertiary/aromatic N) is 1. The minimum Gasteiger partial charge on any atom is -0.277 e. The molecule has 2 N–H and O–H groups in total. The Morgan fingerprint density at radius 2 is 1.71 bits per heavy atom. The van der Waals surface area contributed by atoms with Gasteiger partial charge in [-0.3, -0.25) is 25.2 Å². The fraction of sp³-hybridized carbons (Fsp3) is 0.294. The Hall–Kier alpha value is -2.54. The highest BCUT2D eigenvalue weighted by atomic mass is 32.1. The van der Waals surface area contributed by atoms with Crippen LogP contribution in [0.3, 0.4) is 0 Å². The number of imide groups is 2. The van der Waals surface area contributed by atoms with Crippen LogP contribution in [0.25, 0.3) is 0 Å². The molecule has 1 fully saturated rings. The minimum atomic E-state index is -1.28. The Morgan fingerprint density at radius 3 is 2.29 bits per heavy atom. The molecule has 1 aliphatic rings. The largest absolute Gasteiger partial charge is 0.328 e. The first-order chi connectivity index (χ1) is 11.5. The average Bonchev–Trinajstić information content (AvgIpc) is 2.96. The van der Waals surface area contributed by atoms with Crippen LogP contribution in [0.15, 0.2) is 36.7 Å². The molecule has 1 aliphatic heterocycles. The van der Waals surface area contributed by atoms with Crippen LogP contribution in [-0.2, 0) is 22.4 Å². The van der Waals surface area contributed by atoms with Crippen molar-refractivity contribution in [1.29, 1.82) is 0 Å². The van der Waals surface area contributed by atoms with Gasteiger partial charge in [0.1, 0.15) is 5.41 Å².